The molecule has 0 radical (unpaired) electrons. The lowest BCUT2D eigenvalue weighted by Crippen LogP contribution is -2.18. The van der Waals surface area contributed by atoms with Gasteiger partial charge >= 0.3 is 6.18 Å². The number of benzene rings is 1. The van der Waals surface area contributed by atoms with E-state index in [4.69, 9.17) is 11.6 Å². The second-order valence-electron chi connectivity index (χ2n) is 4.46. The van der Waals surface area contributed by atoms with Crippen LogP contribution in [0.2, 0.25) is 0 Å². The Morgan fingerprint density at radius 1 is 1.40 bits per heavy atom. The summed E-state index contributed by atoms with van der Waals surface area (Å²) >= 11 is 8.75. The number of aromatic nitrogens is 2. The first-order valence-corrected chi connectivity index (χ1v) is 7.04. The summed E-state index contributed by atoms with van der Waals surface area (Å²) in [5, 5.41) is 0. The van der Waals surface area contributed by atoms with Gasteiger partial charge in [0.15, 0.2) is 0 Å². The van der Waals surface area contributed by atoms with E-state index in [1.807, 2.05) is 0 Å². The Morgan fingerprint density at radius 2 is 2.05 bits per heavy atom. The molecule has 0 bridgehead atoms. The van der Waals surface area contributed by atoms with E-state index in [2.05, 4.69) is 20.9 Å². The number of alkyl halides is 4. The second kappa shape index (κ2) is 5.52. The van der Waals surface area contributed by atoms with Crippen LogP contribution in [0.15, 0.2) is 16.6 Å². The molecule has 0 aliphatic heterocycles. The molecule has 1 aromatic carbocycles. The lowest BCUT2D eigenvalue weighted by Gasteiger charge is -2.18. The molecule has 2 rings (SSSR count). The van der Waals surface area contributed by atoms with E-state index in [1.165, 1.54) is 17.6 Å². The van der Waals surface area contributed by atoms with Gasteiger partial charge in [-0.1, -0.05) is 0 Å². The number of imidazole rings is 1. The third-order valence-corrected chi connectivity index (χ3v) is 3.74. The summed E-state index contributed by atoms with van der Waals surface area (Å²) in [7, 11) is 0. The molecule has 1 unspecified atom stereocenters. The van der Waals surface area contributed by atoms with E-state index in [-0.39, 0.29) is 16.2 Å². The first kappa shape index (κ1) is 15.6. The molecule has 8 heteroatoms. The predicted octanol–water partition coefficient (Wildman–Crippen LogP) is 5.19. The van der Waals surface area contributed by atoms with Crippen molar-refractivity contribution >= 4 is 38.6 Å². The summed E-state index contributed by atoms with van der Waals surface area (Å²) in [6, 6.07) is 1.68. The smallest absolute Gasteiger partial charge is 0.324 e. The van der Waals surface area contributed by atoms with Gasteiger partial charge in [0.25, 0.3) is 0 Å². The lowest BCUT2D eigenvalue weighted by atomic mass is 10.2. The number of halogens is 6. The van der Waals surface area contributed by atoms with E-state index in [0.29, 0.717) is 11.0 Å². The van der Waals surface area contributed by atoms with Gasteiger partial charge in [-0.15, -0.1) is 11.6 Å². The summed E-state index contributed by atoms with van der Waals surface area (Å²) in [5.74, 6) is -0.314. The van der Waals surface area contributed by atoms with Gasteiger partial charge in [0.05, 0.1) is 27.8 Å². The van der Waals surface area contributed by atoms with Crippen LogP contribution in [0.1, 0.15) is 25.2 Å². The molecule has 0 saturated heterocycles. The maximum absolute atomic E-state index is 13.6. The summed E-state index contributed by atoms with van der Waals surface area (Å²) < 4.78 is 52.7. The van der Waals surface area contributed by atoms with Gasteiger partial charge in [-0.3, -0.25) is 0 Å². The first-order valence-electron chi connectivity index (χ1n) is 5.71. The van der Waals surface area contributed by atoms with Crippen molar-refractivity contribution in [3.8, 4) is 0 Å². The topological polar surface area (TPSA) is 17.8 Å². The summed E-state index contributed by atoms with van der Waals surface area (Å²) in [5.41, 5.74) is 0.709. The highest BCUT2D eigenvalue weighted by Crippen LogP contribution is 2.32. The maximum Gasteiger partial charge on any atom is 0.391 e. The Morgan fingerprint density at radius 3 is 2.60 bits per heavy atom. The Hall–Kier alpha value is -0.820. The second-order valence-corrected chi connectivity index (χ2v) is 5.58. The molecule has 1 heterocycles. The molecule has 1 atom stereocenters. The van der Waals surface area contributed by atoms with Crippen molar-refractivity contribution in [3.05, 3.63) is 28.2 Å². The van der Waals surface area contributed by atoms with Crippen LogP contribution in [0, 0.1) is 5.82 Å². The quantitative estimate of drug-likeness (QED) is 0.535. The van der Waals surface area contributed by atoms with Crippen LogP contribution >= 0.6 is 27.5 Å². The minimum Gasteiger partial charge on any atom is -0.324 e. The van der Waals surface area contributed by atoms with E-state index < -0.39 is 24.5 Å². The van der Waals surface area contributed by atoms with Gasteiger partial charge in [-0.25, -0.2) is 9.37 Å². The fourth-order valence-electron chi connectivity index (χ4n) is 2.15. The van der Waals surface area contributed by atoms with Gasteiger partial charge in [0, 0.05) is 12.1 Å². The molecule has 2 aromatic rings. The number of fused-ring (bicyclic) bond motifs is 1. The summed E-state index contributed by atoms with van der Waals surface area (Å²) in [6.07, 6.45) is -5.34. The van der Waals surface area contributed by atoms with E-state index in [1.54, 1.807) is 0 Å². The van der Waals surface area contributed by atoms with Crippen LogP contribution < -0.4 is 0 Å². The average molecular weight is 374 g/mol. The normalized spacial score (nSPS) is 13.9. The fraction of sp³-hybridized carbons (Fsp3) is 0.417. The highest BCUT2D eigenvalue weighted by atomic mass is 79.9. The van der Waals surface area contributed by atoms with Crippen molar-refractivity contribution in [1.82, 2.24) is 9.55 Å². The SMILES string of the molecule is CC(CC(F)(F)F)n1c(CCl)nc2cc(Br)c(F)cc21. The highest BCUT2D eigenvalue weighted by molar-refractivity contribution is 9.10. The molecular formula is C12H10BrClF4N2. The molecule has 0 amide bonds. The number of rotatable bonds is 3. The van der Waals surface area contributed by atoms with Crippen molar-refractivity contribution in [1.29, 1.82) is 0 Å². The molecular weight excluding hydrogens is 363 g/mol. The number of hydrogen-bond acceptors (Lipinski definition) is 1. The maximum atomic E-state index is 13.6. The summed E-state index contributed by atoms with van der Waals surface area (Å²) in [4.78, 5) is 4.15. The Balaban J connectivity index is 2.58. The molecule has 0 N–H and O–H groups in total. The zero-order chi connectivity index (χ0) is 15.1. The van der Waals surface area contributed by atoms with Gasteiger partial charge in [0.1, 0.15) is 11.6 Å². The van der Waals surface area contributed by atoms with Crippen LogP contribution in [-0.2, 0) is 5.88 Å². The zero-order valence-corrected chi connectivity index (χ0v) is 12.7. The lowest BCUT2D eigenvalue weighted by molar-refractivity contribution is -0.141. The average Bonchev–Trinajstić information content (AvgIpc) is 2.65. The van der Waals surface area contributed by atoms with E-state index in [9.17, 15) is 17.6 Å². The molecule has 110 valence electrons. The Bertz CT molecular complexity index is 638. The minimum absolute atomic E-state index is 0.0455. The molecule has 0 fully saturated rings. The molecule has 0 aliphatic rings. The minimum atomic E-state index is -4.31. The highest BCUT2D eigenvalue weighted by Gasteiger charge is 2.32. The fourth-order valence-corrected chi connectivity index (χ4v) is 2.67. The monoisotopic (exact) mass is 372 g/mol. The largest absolute Gasteiger partial charge is 0.391 e. The van der Waals surface area contributed by atoms with E-state index in [0.717, 1.165) is 6.07 Å². The molecule has 2 nitrogen and oxygen atoms in total. The third kappa shape index (κ3) is 3.09. The molecule has 1 aromatic heterocycles. The molecule has 20 heavy (non-hydrogen) atoms. The Kier molecular flexibility index (Phi) is 4.30. The zero-order valence-electron chi connectivity index (χ0n) is 10.3. The predicted molar refractivity (Wildman–Crippen MR) is 72.3 cm³/mol. The first-order chi connectivity index (χ1) is 9.23. The van der Waals surface area contributed by atoms with Crippen LogP contribution in [-0.4, -0.2) is 15.7 Å². The van der Waals surface area contributed by atoms with Crippen LogP contribution in [0.5, 0.6) is 0 Å². The van der Waals surface area contributed by atoms with Crippen LogP contribution in [0.4, 0.5) is 17.6 Å². The standard InChI is InChI=1S/C12H10BrClF4N2/c1-6(4-12(16,17)18)20-10-3-8(15)7(13)2-9(10)19-11(20)5-14/h2-3,6H,4-5H2,1H3. The molecule has 0 aliphatic carbocycles. The van der Waals surface area contributed by atoms with Gasteiger partial charge in [-0.2, -0.15) is 13.2 Å². The van der Waals surface area contributed by atoms with Crippen LogP contribution in [0.3, 0.4) is 0 Å². The van der Waals surface area contributed by atoms with Crippen molar-refractivity contribution in [2.75, 3.05) is 0 Å². The molecule has 0 saturated carbocycles. The van der Waals surface area contributed by atoms with Gasteiger partial charge < -0.3 is 4.57 Å². The van der Waals surface area contributed by atoms with E-state index >= 15 is 0 Å². The number of hydrogen-bond donors (Lipinski definition) is 0. The molecule has 0 spiro atoms. The Labute approximate surface area is 125 Å². The van der Waals surface area contributed by atoms with Crippen molar-refractivity contribution in [2.45, 2.75) is 31.4 Å². The van der Waals surface area contributed by atoms with Crippen molar-refractivity contribution < 1.29 is 17.6 Å². The van der Waals surface area contributed by atoms with Gasteiger partial charge in [0.2, 0.25) is 0 Å². The van der Waals surface area contributed by atoms with Crippen molar-refractivity contribution in [2.24, 2.45) is 0 Å². The third-order valence-electron chi connectivity index (χ3n) is 2.89. The number of nitrogens with zero attached hydrogens (tertiary/aromatic N) is 2. The van der Waals surface area contributed by atoms with Crippen LogP contribution in [0.25, 0.3) is 11.0 Å². The summed E-state index contributed by atoms with van der Waals surface area (Å²) in [6.45, 7) is 1.41. The van der Waals surface area contributed by atoms with Crippen molar-refractivity contribution in [3.63, 3.8) is 0 Å². The van der Waals surface area contributed by atoms with Gasteiger partial charge in [-0.05, 0) is 28.9 Å².